The second kappa shape index (κ2) is 10.9. The molecule has 0 amide bonds. The molecule has 238 valence electrons. The van der Waals surface area contributed by atoms with E-state index in [1.165, 1.54) is 99.2 Å². The number of hydrogen-bond acceptors (Lipinski definition) is 4. The van der Waals surface area contributed by atoms with Crippen LogP contribution >= 0.6 is 42.7 Å². The SMILES string of the molecule is C[N+](C)=c1ccc2c(-c3ccc(C(=S)N4CCCCC4)s3)c3cc4c5c(c3sc-2c1)CCCN5CCC4.F[P-](F)(F)(F)(F)F. The number of halogens is 6. The molecule has 1 aliphatic carbocycles. The predicted octanol–water partition coefficient (Wildman–Crippen LogP) is 10.0. The van der Waals surface area contributed by atoms with Crippen molar-refractivity contribution < 1.29 is 25.2 Å². The summed E-state index contributed by atoms with van der Waals surface area (Å²) in [6.07, 6.45) is 8.77. The van der Waals surface area contributed by atoms with Crippen molar-refractivity contribution in [3.05, 3.63) is 57.8 Å². The second-order valence-corrected chi connectivity index (χ2v) is 16.4. The summed E-state index contributed by atoms with van der Waals surface area (Å²) in [5.74, 6) is 0. The van der Waals surface area contributed by atoms with Gasteiger partial charge < -0.3 is 9.80 Å². The van der Waals surface area contributed by atoms with Crippen molar-refractivity contribution in [1.82, 2.24) is 9.48 Å². The van der Waals surface area contributed by atoms with E-state index in [2.05, 4.69) is 64.9 Å². The minimum absolute atomic E-state index is 1.04. The van der Waals surface area contributed by atoms with E-state index >= 15 is 0 Å². The van der Waals surface area contributed by atoms with Crippen LogP contribution in [0.15, 0.2) is 36.4 Å². The summed E-state index contributed by atoms with van der Waals surface area (Å²) in [5.41, 5.74) is 7.51. The molecule has 0 saturated carbocycles. The van der Waals surface area contributed by atoms with Gasteiger partial charge in [0.1, 0.15) is 19.1 Å². The number of anilines is 1. The average molecular weight is 690 g/mol. The maximum absolute atomic E-state index is 10.7. The number of aryl methyl sites for hydroxylation is 2. The molecule has 0 bridgehead atoms. The molecule has 0 unspecified atom stereocenters. The Balaban J connectivity index is 0.000000441. The standard InChI is InChI=1S/C31H34N3S3.F6P/c1-32(2)21-10-11-22-27(19-21)37-30-23-9-7-17-33-16-6-8-20(29(23)33)18-24(30)28(22)25-12-13-26(36-25)31(35)34-14-4-3-5-15-34;1-7(2,3,4,5)6/h10-13,18-19H,3-9,14-17H2,1-2H3;/q+1;-1. The Morgan fingerprint density at radius 3 is 2.16 bits per heavy atom. The second-order valence-electron chi connectivity index (χ2n) is 12.0. The molecule has 7 rings (SSSR count). The molecule has 2 aromatic rings. The molecule has 1 aromatic carbocycles. The van der Waals surface area contributed by atoms with Crippen LogP contribution in [0.2, 0.25) is 0 Å². The van der Waals surface area contributed by atoms with Crippen molar-refractivity contribution in [1.29, 1.82) is 0 Å². The topological polar surface area (TPSA) is 9.49 Å². The van der Waals surface area contributed by atoms with Crippen molar-refractivity contribution in [2.24, 2.45) is 0 Å². The summed E-state index contributed by atoms with van der Waals surface area (Å²) in [4.78, 5) is 10.1. The van der Waals surface area contributed by atoms with Gasteiger partial charge in [-0.1, -0.05) is 12.2 Å². The maximum atomic E-state index is 9.87. The molecule has 3 nitrogen and oxygen atoms in total. The zero-order valence-corrected chi connectivity index (χ0v) is 27.9. The van der Waals surface area contributed by atoms with Gasteiger partial charge in [-0.2, -0.15) is 0 Å². The summed E-state index contributed by atoms with van der Waals surface area (Å²) in [5, 5.41) is 2.71. The number of fused-ring (bicyclic) bond motifs is 3. The summed E-state index contributed by atoms with van der Waals surface area (Å²) in [6.45, 7) is 4.63. The predicted molar refractivity (Wildman–Crippen MR) is 178 cm³/mol. The number of likely N-dealkylation sites (tertiary alicyclic amines) is 1. The summed E-state index contributed by atoms with van der Waals surface area (Å²) >= 11 is 9.91. The van der Waals surface area contributed by atoms with Crippen LogP contribution in [0.5, 0.6) is 0 Å². The zero-order valence-electron chi connectivity index (χ0n) is 24.5. The summed E-state index contributed by atoms with van der Waals surface area (Å²) in [7, 11) is -6.38. The van der Waals surface area contributed by atoms with Crippen LogP contribution in [-0.2, 0) is 12.8 Å². The molecular formula is C31H34F6N3PS3. The Bertz CT molecular complexity index is 1790. The number of thiophene rings is 1. The van der Waals surface area contributed by atoms with Crippen molar-refractivity contribution >= 4 is 63.5 Å². The third kappa shape index (κ3) is 7.08. The third-order valence-electron chi connectivity index (χ3n) is 8.41. The molecule has 1 aromatic heterocycles. The van der Waals surface area contributed by atoms with Gasteiger partial charge in [-0.25, -0.2) is 4.58 Å². The Morgan fingerprint density at radius 2 is 1.48 bits per heavy atom. The van der Waals surface area contributed by atoms with Crippen LogP contribution < -0.4 is 14.8 Å². The number of benzene rings is 2. The van der Waals surface area contributed by atoms with Crippen LogP contribution in [0.25, 0.3) is 31.0 Å². The third-order valence-corrected chi connectivity index (χ3v) is 11.4. The zero-order chi connectivity index (χ0) is 31.5. The summed E-state index contributed by atoms with van der Waals surface area (Å²) < 4.78 is 62.9. The first-order valence-electron chi connectivity index (χ1n) is 14.8. The average Bonchev–Trinajstić information content (AvgIpc) is 3.44. The van der Waals surface area contributed by atoms with Crippen LogP contribution in [0, 0.1) is 0 Å². The van der Waals surface area contributed by atoms with Gasteiger partial charge in [0.2, 0.25) is 5.36 Å². The van der Waals surface area contributed by atoms with Crippen molar-refractivity contribution in [2.45, 2.75) is 44.9 Å². The van der Waals surface area contributed by atoms with Crippen LogP contribution in [0.3, 0.4) is 0 Å². The molecule has 0 spiro atoms. The van der Waals surface area contributed by atoms with E-state index in [1.807, 2.05) is 22.7 Å². The van der Waals surface area contributed by atoms with Crippen LogP contribution in [-0.4, -0.2) is 50.2 Å². The van der Waals surface area contributed by atoms with E-state index in [0.29, 0.717) is 0 Å². The monoisotopic (exact) mass is 689 g/mol. The molecule has 5 heterocycles. The first kappa shape index (κ1) is 31.7. The van der Waals surface area contributed by atoms with Gasteiger partial charge in [0.25, 0.3) is 0 Å². The number of thiocarbonyl (C=S) groups is 1. The molecule has 5 aliphatic rings. The van der Waals surface area contributed by atoms with Crippen molar-refractivity contribution in [3.8, 4) is 20.9 Å². The number of piperidine rings is 1. The van der Waals surface area contributed by atoms with Gasteiger partial charge in [-0.15, -0.1) is 22.7 Å². The first-order valence-corrected chi connectivity index (χ1v) is 18.9. The molecule has 0 radical (unpaired) electrons. The van der Waals surface area contributed by atoms with E-state index in [9.17, 15) is 25.2 Å². The molecule has 0 atom stereocenters. The van der Waals surface area contributed by atoms with Crippen LogP contribution in [0.4, 0.5) is 30.9 Å². The first-order chi connectivity index (χ1) is 20.5. The number of nitrogens with zero attached hydrogens (tertiary/aromatic N) is 3. The van der Waals surface area contributed by atoms with Gasteiger partial charge in [0.15, 0.2) is 0 Å². The van der Waals surface area contributed by atoms with Gasteiger partial charge >= 0.3 is 33.0 Å². The fourth-order valence-electron chi connectivity index (χ4n) is 6.57. The Kier molecular flexibility index (Phi) is 7.87. The Hall–Kier alpha value is -2.27. The van der Waals surface area contributed by atoms with Crippen molar-refractivity contribution in [3.63, 3.8) is 0 Å². The van der Waals surface area contributed by atoms with Crippen LogP contribution in [0.1, 0.15) is 48.1 Å². The quantitative estimate of drug-likeness (QED) is 0.0682. The Labute approximate surface area is 266 Å². The van der Waals surface area contributed by atoms with E-state index in [4.69, 9.17) is 12.2 Å². The van der Waals surface area contributed by atoms with Gasteiger partial charge in [-0.05, 0) is 80.3 Å². The van der Waals surface area contributed by atoms with E-state index in [-0.39, 0.29) is 0 Å². The van der Waals surface area contributed by atoms with Gasteiger partial charge in [0.05, 0.1) is 4.88 Å². The molecular weight excluding hydrogens is 656 g/mol. The molecule has 0 N–H and O–H groups in total. The number of hydrogen-bond donors (Lipinski definition) is 0. The molecule has 13 heteroatoms. The normalized spacial score (nSPS) is 18.3. The van der Waals surface area contributed by atoms with E-state index < -0.39 is 7.81 Å². The fraction of sp³-hybridized carbons (Fsp3) is 0.419. The number of rotatable bonds is 2. The van der Waals surface area contributed by atoms with E-state index in [0.717, 1.165) is 18.1 Å². The molecule has 4 aliphatic heterocycles. The summed E-state index contributed by atoms with van der Waals surface area (Å²) in [6, 6.07) is 14.2. The van der Waals surface area contributed by atoms with Gasteiger partial charge in [0, 0.05) is 75.0 Å². The molecule has 1 saturated heterocycles. The molecule has 1 fully saturated rings. The Morgan fingerprint density at radius 1 is 0.795 bits per heavy atom. The fourth-order valence-corrected chi connectivity index (χ4v) is 9.27. The minimum atomic E-state index is -10.7. The van der Waals surface area contributed by atoms with E-state index in [1.54, 1.807) is 16.8 Å². The van der Waals surface area contributed by atoms with Gasteiger partial charge in [-0.3, -0.25) is 0 Å². The molecule has 44 heavy (non-hydrogen) atoms. The van der Waals surface area contributed by atoms with Crippen molar-refractivity contribution in [2.75, 3.05) is 45.2 Å².